The van der Waals surface area contributed by atoms with Crippen molar-refractivity contribution in [2.75, 3.05) is 0 Å². The van der Waals surface area contributed by atoms with Crippen molar-refractivity contribution >= 4 is 7.85 Å². The van der Waals surface area contributed by atoms with Gasteiger partial charge in [0.25, 0.3) is 0 Å². The molecule has 0 amide bonds. The summed E-state index contributed by atoms with van der Waals surface area (Å²) >= 11 is 0. The maximum atomic E-state index is 6.10. The summed E-state index contributed by atoms with van der Waals surface area (Å²) in [6.45, 7) is 14.7. The van der Waals surface area contributed by atoms with Crippen molar-refractivity contribution in [3.05, 3.63) is 86.1 Å². The van der Waals surface area contributed by atoms with Gasteiger partial charge in [-0.3, -0.25) is 0 Å². The van der Waals surface area contributed by atoms with E-state index in [0.717, 1.165) is 11.1 Å². The van der Waals surface area contributed by atoms with Crippen molar-refractivity contribution in [1.29, 1.82) is 0 Å². The molecule has 0 aromatic heterocycles. The van der Waals surface area contributed by atoms with E-state index in [1.165, 1.54) is 0 Å². The lowest BCUT2D eigenvalue weighted by Crippen LogP contribution is -1.97. The van der Waals surface area contributed by atoms with Crippen LogP contribution in [0.15, 0.2) is 86.1 Å². The molecule has 1 heteroatoms. The van der Waals surface area contributed by atoms with Crippen LogP contribution < -0.4 is 0 Å². The lowest BCUT2D eigenvalue weighted by Gasteiger charge is -2.14. The van der Waals surface area contributed by atoms with Crippen LogP contribution in [0, 0.1) is 0 Å². The van der Waals surface area contributed by atoms with E-state index < -0.39 is 0 Å². The summed E-state index contributed by atoms with van der Waals surface area (Å²) in [5.74, 6) is -0.232. The van der Waals surface area contributed by atoms with Gasteiger partial charge in [0.05, 0.1) is 7.85 Å². The molecule has 0 bridgehead atoms. The first-order valence-corrected chi connectivity index (χ1v) is 5.03. The van der Waals surface area contributed by atoms with Crippen molar-refractivity contribution in [3.8, 4) is 0 Å². The Kier molecular flexibility index (Phi) is 7.61. The van der Waals surface area contributed by atoms with Crippen LogP contribution in [0.4, 0.5) is 0 Å². The Morgan fingerprint density at radius 3 is 1.88 bits per heavy atom. The van der Waals surface area contributed by atoms with Crippen LogP contribution in [0.25, 0.3) is 0 Å². The van der Waals surface area contributed by atoms with E-state index in [-0.39, 0.29) is 5.82 Å². The molecule has 0 saturated carbocycles. The third kappa shape index (κ3) is 4.65. The van der Waals surface area contributed by atoms with Gasteiger partial charge in [0.2, 0.25) is 0 Å². The topological polar surface area (TPSA) is 0 Å². The SMILES string of the molecule is [B]C(/C(C=C)=C/C=C)C(/C=C\C=C)=C/C=C. The minimum atomic E-state index is -0.232. The highest BCUT2D eigenvalue weighted by Gasteiger charge is 2.07. The van der Waals surface area contributed by atoms with Gasteiger partial charge in [0.1, 0.15) is 0 Å². The van der Waals surface area contributed by atoms with Crippen molar-refractivity contribution in [2.45, 2.75) is 5.82 Å². The molecule has 0 nitrogen and oxygen atoms in total. The molecule has 0 rings (SSSR count). The first-order valence-electron chi connectivity index (χ1n) is 5.03. The molecule has 2 radical (unpaired) electrons. The first-order chi connectivity index (χ1) is 7.71. The standard InChI is InChI=1S/C15H17B/c1-5-9-12-14(11-7-3)15(16)13(8-4)10-6-2/h5-12,15H,1-4H2/b12-9-,13-10+,14-11+. The lowest BCUT2D eigenvalue weighted by molar-refractivity contribution is 1.20. The predicted molar refractivity (Wildman–Crippen MR) is 75.6 cm³/mol. The van der Waals surface area contributed by atoms with Crippen LogP contribution >= 0.6 is 0 Å². The number of hydrogen-bond donors (Lipinski definition) is 0. The third-order valence-electron chi connectivity index (χ3n) is 2.00. The Morgan fingerprint density at radius 2 is 1.44 bits per heavy atom. The van der Waals surface area contributed by atoms with Gasteiger partial charge in [-0.05, 0) is 17.0 Å². The molecule has 0 saturated heterocycles. The smallest absolute Gasteiger partial charge is 0.0828 e. The molecule has 1 unspecified atom stereocenters. The number of hydrogen-bond acceptors (Lipinski definition) is 0. The van der Waals surface area contributed by atoms with E-state index in [0.29, 0.717) is 0 Å². The summed E-state index contributed by atoms with van der Waals surface area (Å²) in [7, 11) is 6.10. The fourth-order valence-electron chi connectivity index (χ4n) is 1.21. The molecule has 0 aromatic carbocycles. The second kappa shape index (κ2) is 8.54. The van der Waals surface area contributed by atoms with Gasteiger partial charge < -0.3 is 0 Å². The van der Waals surface area contributed by atoms with Crippen LogP contribution in [0.2, 0.25) is 5.82 Å². The minimum absolute atomic E-state index is 0.232. The van der Waals surface area contributed by atoms with Crippen LogP contribution in [0.1, 0.15) is 0 Å². The Hall–Kier alpha value is -1.76. The summed E-state index contributed by atoms with van der Waals surface area (Å²) < 4.78 is 0. The van der Waals surface area contributed by atoms with Crippen molar-refractivity contribution in [3.63, 3.8) is 0 Å². The minimum Gasteiger partial charge on any atom is -0.0991 e. The van der Waals surface area contributed by atoms with Crippen molar-refractivity contribution in [1.82, 2.24) is 0 Å². The summed E-state index contributed by atoms with van der Waals surface area (Å²) in [5.41, 5.74) is 1.86. The van der Waals surface area contributed by atoms with Crippen molar-refractivity contribution < 1.29 is 0 Å². The maximum Gasteiger partial charge on any atom is 0.0828 e. The Bertz CT molecular complexity index is 354. The van der Waals surface area contributed by atoms with Gasteiger partial charge in [-0.1, -0.05) is 74.9 Å². The molecule has 0 spiro atoms. The molecule has 0 aliphatic carbocycles. The largest absolute Gasteiger partial charge is 0.0991 e. The van der Waals surface area contributed by atoms with Crippen LogP contribution in [-0.2, 0) is 0 Å². The molecule has 0 N–H and O–H groups in total. The average molecular weight is 208 g/mol. The van der Waals surface area contributed by atoms with Gasteiger partial charge in [0, 0.05) is 0 Å². The fourth-order valence-corrected chi connectivity index (χ4v) is 1.21. The van der Waals surface area contributed by atoms with Gasteiger partial charge >= 0.3 is 0 Å². The molecular formula is C15H17B. The quantitative estimate of drug-likeness (QED) is 0.436. The van der Waals surface area contributed by atoms with Gasteiger partial charge in [-0.15, -0.1) is 0 Å². The molecule has 16 heavy (non-hydrogen) atoms. The van der Waals surface area contributed by atoms with E-state index in [9.17, 15) is 0 Å². The van der Waals surface area contributed by atoms with Gasteiger partial charge in [-0.2, -0.15) is 0 Å². The summed E-state index contributed by atoms with van der Waals surface area (Å²) in [6, 6.07) is 0. The summed E-state index contributed by atoms with van der Waals surface area (Å²) in [5, 5.41) is 0. The van der Waals surface area contributed by atoms with Crippen LogP contribution in [-0.4, -0.2) is 7.85 Å². The molecule has 1 atom stereocenters. The second-order valence-electron chi connectivity index (χ2n) is 3.08. The van der Waals surface area contributed by atoms with E-state index in [2.05, 4.69) is 26.3 Å². The normalized spacial score (nSPS) is 14.5. The Balaban J connectivity index is 5.14. The maximum absolute atomic E-state index is 6.10. The molecule has 0 aliphatic rings. The van der Waals surface area contributed by atoms with Gasteiger partial charge in [0.15, 0.2) is 0 Å². The Labute approximate surface area is 100 Å². The zero-order chi connectivity index (χ0) is 12.4. The van der Waals surface area contributed by atoms with Crippen LogP contribution in [0.5, 0.6) is 0 Å². The predicted octanol–water partition coefficient (Wildman–Crippen LogP) is 4.10. The fraction of sp³-hybridized carbons (Fsp3) is 0.0667. The third-order valence-corrected chi connectivity index (χ3v) is 2.00. The van der Waals surface area contributed by atoms with E-state index in [1.54, 1.807) is 24.3 Å². The zero-order valence-corrected chi connectivity index (χ0v) is 9.60. The molecule has 0 aliphatic heterocycles. The monoisotopic (exact) mass is 208 g/mol. The number of allylic oxidation sites excluding steroid dienone is 10. The highest BCUT2D eigenvalue weighted by atomic mass is 14.1. The zero-order valence-electron chi connectivity index (χ0n) is 9.60. The van der Waals surface area contributed by atoms with E-state index in [4.69, 9.17) is 7.85 Å². The van der Waals surface area contributed by atoms with E-state index in [1.807, 2.05) is 24.3 Å². The van der Waals surface area contributed by atoms with E-state index >= 15 is 0 Å². The first kappa shape index (κ1) is 14.2. The summed E-state index contributed by atoms with van der Waals surface area (Å²) in [4.78, 5) is 0. The average Bonchev–Trinajstić information content (AvgIpc) is 2.30. The van der Waals surface area contributed by atoms with Crippen molar-refractivity contribution in [2.24, 2.45) is 0 Å². The lowest BCUT2D eigenvalue weighted by atomic mass is 9.74. The molecule has 0 heterocycles. The summed E-state index contributed by atoms with van der Waals surface area (Å²) in [6.07, 6.45) is 14.3. The second-order valence-corrected chi connectivity index (χ2v) is 3.08. The molecule has 0 aromatic rings. The Morgan fingerprint density at radius 1 is 0.875 bits per heavy atom. The number of rotatable bonds is 7. The van der Waals surface area contributed by atoms with Gasteiger partial charge in [-0.25, -0.2) is 0 Å². The molecule has 80 valence electrons. The van der Waals surface area contributed by atoms with Crippen LogP contribution in [0.3, 0.4) is 0 Å². The highest BCUT2D eigenvalue weighted by molar-refractivity contribution is 6.16. The molecular weight excluding hydrogens is 191 g/mol. The molecule has 0 fully saturated rings. The highest BCUT2D eigenvalue weighted by Crippen LogP contribution is 2.25.